The van der Waals surface area contributed by atoms with Crippen LogP contribution in [-0.2, 0) is 22.4 Å². The van der Waals surface area contributed by atoms with Gasteiger partial charge in [-0.05, 0) is 68.0 Å². The van der Waals surface area contributed by atoms with Gasteiger partial charge in [-0.15, -0.1) is 11.3 Å². The first kappa shape index (κ1) is 17.9. The van der Waals surface area contributed by atoms with Crippen molar-refractivity contribution < 1.29 is 19.1 Å². The lowest BCUT2D eigenvalue weighted by Crippen LogP contribution is -2.14. The molecule has 0 radical (unpaired) electrons. The third kappa shape index (κ3) is 3.54. The van der Waals surface area contributed by atoms with E-state index in [1.54, 1.807) is 25.1 Å². The molecule has 0 fully saturated rings. The van der Waals surface area contributed by atoms with Crippen molar-refractivity contribution in [3.8, 4) is 0 Å². The van der Waals surface area contributed by atoms with Gasteiger partial charge in [0.25, 0.3) is 0 Å². The van der Waals surface area contributed by atoms with Gasteiger partial charge in [0.2, 0.25) is 5.91 Å². The van der Waals surface area contributed by atoms with E-state index in [-0.39, 0.29) is 24.2 Å². The van der Waals surface area contributed by atoms with Gasteiger partial charge in [-0.3, -0.25) is 9.59 Å². The van der Waals surface area contributed by atoms with Crippen LogP contribution in [0, 0.1) is 0 Å². The number of rotatable bonds is 4. The van der Waals surface area contributed by atoms with Crippen molar-refractivity contribution in [1.82, 2.24) is 0 Å². The van der Waals surface area contributed by atoms with E-state index < -0.39 is 5.97 Å². The number of carbonyl (C=O) groups is 3. The number of ether oxygens (including phenoxy) is 1. The van der Waals surface area contributed by atoms with Gasteiger partial charge in [0, 0.05) is 16.1 Å². The molecule has 0 saturated carbocycles. The number of fused-ring (bicyclic) bond motifs is 2. The molecule has 2 aliphatic rings. The second-order valence-electron chi connectivity index (χ2n) is 7.13. The quantitative estimate of drug-likeness (QED) is 0.490. The topological polar surface area (TPSA) is 72.5 Å². The lowest BCUT2D eigenvalue weighted by atomic mass is 9.99. The molecule has 27 heavy (non-hydrogen) atoms. The molecule has 5 nitrogen and oxygen atoms in total. The van der Waals surface area contributed by atoms with Gasteiger partial charge in [-0.2, -0.15) is 0 Å². The molecule has 6 heteroatoms. The van der Waals surface area contributed by atoms with Crippen molar-refractivity contribution >= 4 is 34.7 Å². The fourth-order valence-corrected chi connectivity index (χ4v) is 4.79. The number of nitrogens with one attached hydrogen (secondary N) is 1. The number of amides is 1. The van der Waals surface area contributed by atoms with Gasteiger partial charge in [-0.1, -0.05) is 6.42 Å². The first-order valence-corrected chi connectivity index (χ1v) is 10.1. The molecule has 1 atom stereocenters. The van der Waals surface area contributed by atoms with Crippen molar-refractivity contribution in [2.75, 3.05) is 11.9 Å². The highest BCUT2D eigenvalue weighted by Crippen LogP contribution is 2.33. The molecule has 1 N–H and O–H groups in total. The Balaban J connectivity index is 1.41. The van der Waals surface area contributed by atoms with Crippen molar-refractivity contribution in [2.45, 2.75) is 44.9 Å². The summed E-state index contributed by atoms with van der Waals surface area (Å²) in [4.78, 5) is 38.4. The maximum Gasteiger partial charge on any atom is 0.348 e. The van der Waals surface area contributed by atoms with E-state index in [2.05, 4.69) is 5.32 Å². The number of benzene rings is 1. The SMILES string of the molecule is C[C@H]1C(=O)Nc2ccc(C(=O)COC(=O)c3cc4c(s3)CCCCC4)cc21. The highest BCUT2D eigenvalue weighted by atomic mass is 32.1. The molecule has 1 aliphatic heterocycles. The minimum Gasteiger partial charge on any atom is -0.453 e. The molecule has 4 rings (SSSR count). The van der Waals surface area contributed by atoms with Crippen LogP contribution in [0.5, 0.6) is 0 Å². The molecule has 0 spiro atoms. The Morgan fingerprint density at radius 2 is 2.00 bits per heavy atom. The molecule has 1 aromatic heterocycles. The molecule has 1 aliphatic carbocycles. The van der Waals surface area contributed by atoms with Gasteiger partial charge in [-0.25, -0.2) is 4.79 Å². The molecule has 2 aromatic rings. The Hall–Kier alpha value is -2.47. The third-order valence-corrected chi connectivity index (χ3v) is 6.49. The fourth-order valence-electron chi connectivity index (χ4n) is 3.64. The van der Waals surface area contributed by atoms with E-state index in [0.717, 1.165) is 36.9 Å². The Morgan fingerprint density at radius 1 is 1.19 bits per heavy atom. The van der Waals surface area contributed by atoms with Crippen LogP contribution in [0.4, 0.5) is 5.69 Å². The first-order valence-electron chi connectivity index (χ1n) is 9.29. The second-order valence-corrected chi connectivity index (χ2v) is 8.27. The molecule has 0 saturated heterocycles. The number of anilines is 1. The number of carbonyl (C=O) groups excluding carboxylic acids is 3. The zero-order valence-electron chi connectivity index (χ0n) is 15.2. The molecule has 1 aromatic carbocycles. The molecule has 140 valence electrons. The maximum absolute atomic E-state index is 12.4. The Labute approximate surface area is 161 Å². The summed E-state index contributed by atoms with van der Waals surface area (Å²) in [7, 11) is 0. The predicted molar refractivity (Wildman–Crippen MR) is 104 cm³/mol. The number of esters is 1. The standard InChI is InChI=1S/C21H21NO4S/c1-12-15-9-13(7-8-16(15)22-20(12)24)17(23)11-26-21(25)19-10-14-5-3-2-4-6-18(14)27-19/h7-10,12H,2-6,11H2,1H3,(H,22,24)/t12-/m1/s1. The van der Waals surface area contributed by atoms with Crippen LogP contribution in [0.25, 0.3) is 0 Å². The summed E-state index contributed by atoms with van der Waals surface area (Å²) in [6.07, 6.45) is 5.58. The Bertz CT molecular complexity index is 907. The lowest BCUT2D eigenvalue weighted by Gasteiger charge is -2.06. The van der Waals surface area contributed by atoms with Gasteiger partial charge in [0.15, 0.2) is 12.4 Å². The summed E-state index contributed by atoms with van der Waals surface area (Å²) >= 11 is 1.49. The monoisotopic (exact) mass is 383 g/mol. The van der Waals surface area contributed by atoms with Gasteiger partial charge in [0.1, 0.15) is 4.88 Å². The summed E-state index contributed by atoms with van der Waals surface area (Å²) in [5.41, 5.74) is 3.24. The second kappa shape index (κ2) is 7.27. The number of Topliss-reactive ketones (excluding diaryl/α,β-unsaturated/α-hetero) is 1. The third-order valence-electron chi connectivity index (χ3n) is 5.27. The molecular weight excluding hydrogens is 362 g/mol. The molecule has 1 amide bonds. The summed E-state index contributed by atoms with van der Waals surface area (Å²) in [5.74, 6) is -1.06. The molecular formula is C21H21NO4S. The van der Waals surface area contributed by atoms with Gasteiger partial charge >= 0.3 is 5.97 Å². The summed E-state index contributed by atoms with van der Waals surface area (Å²) < 4.78 is 5.26. The van der Waals surface area contributed by atoms with Crippen LogP contribution >= 0.6 is 11.3 Å². The van der Waals surface area contributed by atoms with Crippen molar-refractivity contribution in [1.29, 1.82) is 0 Å². The summed E-state index contributed by atoms with van der Waals surface area (Å²) in [5, 5.41) is 2.78. The molecule has 0 bridgehead atoms. The van der Waals surface area contributed by atoms with E-state index >= 15 is 0 Å². The van der Waals surface area contributed by atoms with E-state index in [0.29, 0.717) is 10.4 Å². The van der Waals surface area contributed by atoms with Crippen LogP contribution in [0.1, 0.15) is 68.1 Å². The minimum atomic E-state index is -0.437. The Morgan fingerprint density at radius 3 is 2.85 bits per heavy atom. The van der Waals surface area contributed by atoms with Crippen LogP contribution in [-0.4, -0.2) is 24.3 Å². The predicted octanol–water partition coefficient (Wildman–Crippen LogP) is 4.11. The smallest absolute Gasteiger partial charge is 0.348 e. The lowest BCUT2D eigenvalue weighted by molar-refractivity contribution is -0.116. The number of thiophene rings is 1. The van der Waals surface area contributed by atoms with E-state index in [4.69, 9.17) is 4.74 Å². The zero-order chi connectivity index (χ0) is 19.0. The number of aryl methyl sites for hydroxylation is 2. The Kier molecular flexibility index (Phi) is 4.83. The normalized spacial score (nSPS) is 18.3. The van der Waals surface area contributed by atoms with Crippen LogP contribution in [0.15, 0.2) is 24.3 Å². The van der Waals surface area contributed by atoms with Crippen LogP contribution < -0.4 is 5.32 Å². The maximum atomic E-state index is 12.4. The van der Waals surface area contributed by atoms with Crippen molar-refractivity contribution in [3.05, 3.63) is 50.7 Å². The number of hydrogen-bond acceptors (Lipinski definition) is 5. The zero-order valence-corrected chi connectivity index (χ0v) is 16.0. The van der Waals surface area contributed by atoms with E-state index in [1.807, 2.05) is 6.07 Å². The molecule has 0 unspecified atom stereocenters. The highest BCUT2D eigenvalue weighted by Gasteiger charge is 2.27. The van der Waals surface area contributed by atoms with Crippen LogP contribution in [0.2, 0.25) is 0 Å². The largest absolute Gasteiger partial charge is 0.453 e. The average Bonchev–Trinajstić information content (AvgIpc) is 3.12. The minimum absolute atomic E-state index is 0.0708. The highest BCUT2D eigenvalue weighted by molar-refractivity contribution is 7.14. The van der Waals surface area contributed by atoms with E-state index in [9.17, 15) is 14.4 Å². The fraction of sp³-hybridized carbons (Fsp3) is 0.381. The summed E-state index contributed by atoms with van der Waals surface area (Å²) in [6.45, 7) is 1.51. The van der Waals surface area contributed by atoms with E-state index in [1.165, 1.54) is 28.2 Å². The molecule has 2 heterocycles. The van der Waals surface area contributed by atoms with Crippen molar-refractivity contribution in [2.24, 2.45) is 0 Å². The number of ketones is 1. The van der Waals surface area contributed by atoms with Crippen LogP contribution in [0.3, 0.4) is 0 Å². The average molecular weight is 383 g/mol. The van der Waals surface area contributed by atoms with Gasteiger partial charge < -0.3 is 10.1 Å². The first-order chi connectivity index (χ1) is 13.0. The van der Waals surface area contributed by atoms with Gasteiger partial charge in [0.05, 0.1) is 5.92 Å². The summed E-state index contributed by atoms with van der Waals surface area (Å²) in [6, 6.07) is 7.01. The van der Waals surface area contributed by atoms with Crippen molar-refractivity contribution in [3.63, 3.8) is 0 Å². The number of hydrogen-bond donors (Lipinski definition) is 1.